The molecule has 10 heteroatoms. The predicted octanol–water partition coefficient (Wildman–Crippen LogP) is 3.21. The van der Waals surface area contributed by atoms with Crippen LogP contribution in [0.15, 0.2) is 35.0 Å². The summed E-state index contributed by atoms with van der Waals surface area (Å²) in [6, 6.07) is 5.54. The van der Waals surface area contributed by atoms with Crippen molar-refractivity contribution in [3.8, 4) is 17.3 Å². The van der Waals surface area contributed by atoms with Crippen molar-refractivity contribution in [3.63, 3.8) is 0 Å². The fourth-order valence-electron chi connectivity index (χ4n) is 1.94. The van der Waals surface area contributed by atoms with Gasteiger partial charge in [-0.25, -0.2) is 9.07 Å². The van der Waals surface area contributed by atoms with Crippen LogP contribution in [0.2, 0.25) is 0 Å². The van der Waals surface area contributed by atoms with E-state index < -0.39 is 23.7 Å². The van der Waals surface area contributed by atoms with Crippen molar-refractivity contribution in [2.24, 2.45) is 7.05 Å². The van der Waals surface area contributed by atoms with E-state index >= 15 is 0 Å². The number of halogens is 4. The van der Waals surface area contributed by atoms with Gasteiger partial charge in [-0.05, 0) is 17.7 Å². The minimum atomic E-state index is -4.78. The van der Waals surface area contributed by atoms with Gasteiger partial charge in [0.25, 0.3) is 0 Å². The van der Waals surface area contributed by atoms with Crippen LogP contribution in [0, 0.1) is 5.82 Å². The molecule has 0 atom stereocenters. The largest absolute Gasteiger partial charge is 0.473 e. The molecule has 0 amide bonds. The Morgan fingerprint density at radius 2 is 2.04 bits per heavy atom. The van der Waals surface area contributed by atoms with Crippen molar-refractivity contribution in [1.29, 1.82) is 0 Å². The summed E-state index contributed by atoms with van der Waals surface area (Å²) < 4.78 is 62.5. The van der Waals surface area contributed by atoms with Crippen molar-refractivity contribution >= 4 is 0 Å². The quantitative estimate of drug-likeness (QED) is 0.681. The van der Waals surface area contributed by atoms with Crippen molar-refractivity contribution in [2.45, 2.75) is 12.8 Å². The Morgan fingerprint density at radius 3 is 2.62 bits per heavy atom. The van der Waals surface area contributed by atoms with Gasteiger partial charge in [0.05, 0.1) is 11.8 Å². The third-order valence-corrected chi connectivity index (χ3v) is 3.11. The molecular weight excluding hydrogens is 332 g/mol. The van der Waals surface area contributed by atoms with Gasteiger partial charge in [0, 0.05) is 13.1 Å². The molecule has 0 aliphatic rings. The van der Waals surface area contributed by atoms with E-state index in [1.54, 1.807) is 19.3 Å². The minimum Gasteiger partial charge on any atom is -0.473 e. The van der Waals surface area contributed by atoms with E-state index in [9.17, 15) is 17.6 Å². The number of rotatable bonds is 4. The van der Waals surface area contributed by atoms with Crippen LogP contribution in [0.25, 0.3) is 11.4 Å². The van der Waals surface area contributed by atoms with Crippen LogP contribution in [-0.4, -0.2) is 19.9 Å². The zero-order valence-electron chi connectivity index (χ0n) is 12.2. The highest BCUT2D eigenvalue weighted by atomic mass is 19.4. The molecule has 2 heterocycles. The first-order valence-corrected chi connectivity index (χ1v) is 6.65. The summed E-state index contributed by atoms with van der Waals surface area (Å²) in [5, 5.41) is 7.07. The zero-order chi connectivity index (χ0) is 17.3. The number of ether oxygens (including phenoxy) is 1. The molecule has 0 bridgehead atoms. The van der Waals surface area contributed by atoms with Crippen molar-refractivity contribution in [3.05, 3.63) is 47.7 Å². The Labute approximate surface area is 132 Å². The minimum absolute atomic E-state index is 0.0662. The third kappa shape index (κ3) is 3.21. The van der Waals surface area contributed by atoms with Gasteiger partial charge in [-0.1, -0.05) is 11.2 Å². The van der Waals surface area contributed by atoms with E-state index in [1.807, 2.05) is 0 Å². The number of aromatic nitrogens is 4. The molecule has 24 heavy (non-hydrogen) atoms. The summed E-state index contributed by atoms with van der Waals surface area (Å²) in [7, 11) is 1.69. The normalized spacial score (nSPS) is 11.7. The molecule has 2 aromatic heterocycles. The zero-order valence-corrected chi connectivity index (χ0v) is 12.2. The molecule has 0 fully saturated rings. The van der Waals surface area contributed by atoms with Crippen molar-refractivity contribution in [1.82, 2.24) is 19.9 Å². The monoisotopic (exact) mass is 342 g/mol. The lowest BCUT2D eigenvalue weighted by Crippen LogP contribution is -2.05. The molecule has 0 saturated heterocycles. The number of hydrogen-bond acceptors (Lipinski definition) is 5. The second kappa shape index (κ2) is 5.95. The van der Waals surface area contributed by atoms with Crippen LogP contribution in [0.5, 0.6) is 5.88 Å². The van der Waals surface area contributed by atoms with E-state index in [0.717, 1.165) is 6.07 Å². The van der Waals surface area contributed by atoms with Gasteiger partial charge in [-0.15, -0.1) is 0 Å². The van der Waals surface area contributed by atoms with Gasteiger partial charge >= 0.3 is 12.1 Å². The topological polar surface area (TPSA) is 66.0 Å². The lowest BCUT2D eigenvalue weighted by atomic mass is 10.1. The Morgan fingerprint density at radius 1 is 1.25 bits per heavy atom. The highest BCUT2D eigenvalue weighted by Gasteiger charge is 2.38. The lowest BCUT2D eigenvalue weighted by molar-refractivity contribution is -0.159. The Hall–Kier alpha value is -2.91. The van der Waals surface area contributed by atoms with E-state index in [-0.39, 0.29) is 12.2 Å². The van der Waals surface area contributed by atoms with Crippen molar-refractivity contribution in [2.75, 3.05) is 0 Å². The van der Waals surface area contributed by atoms with E-state index in [4.69, 9.17) is 4.74 Å². The molecule has 0 aliphatic carbocycles. The smallest absolute Gasteiger partial charge is 0.471 e. The standard InChI is InChI=1S/C14H10F4N4O2/c1-22-11(4-5-19-22)23-7-8-2-3-9(10(15)6-8)12-20-13(24-21-12)14(16,17)18/h2-6H,7H2,1H3. The average Bonchev–Trinajstić information content (AvgIpc) is 3.14. The van der Waals surface area contributed by atoms with Gasteiger partial charge < -0.3 is 9.26 Å². The molecular formula is C14H10F4N4O2. The summed E-state index contributed by atoms with van der Waals surface area (Å²) in [6.45, 7) is 0.0662. The Kier molecular flexibility index (Phi) is 3.96. The van der Waals surface area contributed by atoms with Crippen LogP contribution in [0.4, 0.5) is 17.6 Å². The van der Waals surface area contributed by atoms with Crippen LogP contribution >= 0.6 is 0 Å². The summed E-state index contributed by atoms with van der Waals surface area (Å²) in [5.74, 6) is -2.29. The van der Waals surface area contributed by atoms with Gasteiger partial charge in [0.1, 0.15) is 12.4 Å². The van der Waals surface area contributed by atoms with E-state index in [1.165, 1.54) is 16.8 Å². The van der Waals surface area contributed by atoms with E-state index in [2.05, 4.69) is 19.8 Å². The van der Waals surface area contributed by atoms with Crippen LogP contribution in [-0.2, 0) is 19.8 Å². The molecule has 3 rings (SSSR count). The molecule has 0 saturated carbocycles. The summed E-state index contributed by atoms with van der Waals surface area (Å²) in [4.78, 5) is 3.15. The van der Waals surface area contributed by atoms with Gasteiger partial charge in [-0.2, -0.15) is 23.3 Å². The molecule has 0 radical (unpaired) electrons. The number of aryl methyl sites for hydroxylation is 1. The van der Waals surface area contributed by atoms with Crippen LogP contribution in [0.1, 0.15) is 11.5 Å². The second-order valence-corrected chi connectivity index (χ2v) is 4.82. The maximum Gasteiger partial charge on any atom is 0.471 e. The molecule has 0 spiro atoms. The summed E-state index contributed by atoms with van der Waals surface area (Å²) in [6.07, 6.45) is -3.23. The first kappa shape index (κ1) is 16.0. The summed E-state index contributed by atoms with van der Waals surface area (Å²) in [5.41, 5.74) is 0.288. The van der Waals surface area contributed by atoms with Gasteiger partial charge in [-0.3, -0.25) is 0 Å². The molecule has 126 valence electrons. The van der Waals surface area contributed by atoms with E-state index in [0.29, 0.717) is 11.4 Å². The molecule has 1 aromatic carbocycles. The number of alkyl halides is 3. The van der Waals surface area contributed by atoms with Crippen LogP contribution in [0.3, 0.4) is 0 Å². The van der Waals surface area contributed by atoms with Gasteiger partial charge in [0.2, 0.25) is 11.7 Å². The molecule has 6 nitrogen and oxygen atoms in total. The highest BCUT2D eigenvalue weighted by molar-refractivity contribution is 5.55. The third-order valence-electron chi connectivity index (χ3n) is 3.11. The Bertz CT molecular complexity index is 857. The molecule has 0 N–H and O–H groups in total. The predicted molar refractivity (Wildman–Crippen MR) is 72.2 cm³/mol. The first-order chi connectivity index (χ1) is 11.3. The van der Waals surface area contributed by atoms with Crippen LogP contribution < -0.4 is 4.74 Å². The number of benzene rings is 1. The second-order valence-electron chi connectivity index (χ2n) is 4.82. The van der Waals surface area contributed by atoms with Gasteiger partial charge in [0.15, 0.2) is 0 Å². The molecule has 0 aliphatic heterocycles. The first-order valence-electron chi connectivity index (χ1n) is 6.65. The lowest BCUT2D eigenvalue weighted by Gasteiger charge is -2.07. The average molecular weight is 342 g/mol. The highest BCUT2D eigenvalue weighted by Crippen LogP contribution is 2.30. The van der Waals surface area contributed by atoms with Crippen molar-refractivity contribution < 1.29 is 26.8 Å². The maximum absolute atomic E-state index is 14.1. The molecule has 0 unspecified atom stereocenters. The fraction of sp³-hybridized carbons (Fsp3) is 0.214. The fourth-order valence-corrected chi connectivity index (χ4v) is 1.94. The number of hydrogen-bond donors (Lipinski definition) is 0. The number of nitrogens with zero attached hydrogens (tertiary/aromatic N) is 4. The maximum atomic E-state index is 14.1. The summed E-state index contributed by atoms with van der Waals surface area (Å²) >= 11 is 0. The molecule has 3 aromatic rings. The Balaban J connectivity index is 1.77. The SMILES string of the molecule is Cn1nccc1OCc1ccc(-c2noc(C(F)(F)F)n2)c(F)c1.